The van der Waals surface area contributed by atoms with Crippen LogP contribution in [0.1, 0.15) is 67.5 Å². The fraction of sp³-hybridized carbons (Fsp3) is 0.381. The summed E-state index contributed by atoms with van der Waals surface area (Å²) in [4.78, 5) is 12.3. The van der Waals surface area contributed by atoms with Crippen molar-refractivity contribution in [3.05, 3.63) is 60.1 Å². The van der Waals surface area contributed by atoms with E-state index in [0.717, 1.165) is 18.4 Å². The lowest BCUT2D eigenvalue weighted by molar-refractivity contribution is 0.0952. The summed E-state index contributed by atoms with van der Waals surface area (Å²) in [6.07, 6.45) is 7.65. The molecule has 0 aliphatic rings. The van der Waals surface area contributed by atoms with E-state index in [4.69, 9.17) is 4.42 Å². The molecule has 1 heterocycles. The van der Waals surface area contributed by atoms with Crippen molar-refractivity contribution >= 4 is 5.78 Å². The minimum atomic E-state index is -0.0695. The Labute approximate surface area is 138 Å². The van der Waals surface area contributed by atoms with Crippen molar-refractivity contribution in [1.82, 2.24) is 0 Å². The van der Waals surface area contributed by atoms with Gasteiger partial charge in [0, 0.05) is 12.8 Å². The number of ketones is 1. The van der Waals surface area contributed by atoms with Gasteiger partial charge in [0.2, 0.25) is 0 Å². The number of hydrogen-bond donors (Lipinski definition) is 0. The van der Waals surface area contributed by atoms with Crippen LogP contribution in [0.3, 0.4) is 0 Å². The highest BCUT2D eigenvalue weighted by Gasteiger charge is 2.16. The molecule has 0 N–H and O–H groups in total. The molecule has 2 nitrogen and oxygen atoms in total. The molecule has 0 saturated carbocycles. The Kier molecular flexibility index (Phi) is 7.20. The first-order valence-corrected chi connectivity index (χ1v) is 8.41. The van der Waals surface area contributed by atoms with Crippen LogP contribution in [0.15, 0.2) is 53.1 Å². The Morgan fingerprint density at radius 1 is 1.09 bits per heavy atom. The van der Waals surface area contributed by atoms with Gasteiger partial charge in [0.15, 0.2) is 11.5 Å². The van der Waals surface area contributed by atoms with Gasteiger partial charge in [0.1, 0.15) is 0 Å². The van der Waals surface area contributed by atoms with E-state index in [1.54, 1.807) is 12.1 Å². The molecular formula is C21H24O2. The second-order valence-electron chi connectivity index (χ2n) is 5.70. The van der Waals surface area contributed by atoms with Gasteiger partial charge in [0.25, 0.3) is 0 Å². The number of benzene rings is 1. The summed E-state index contributed by atoms with van der Waals surface area (Å²) in [6, 6.07) is 13.5. The molecule has 0 bridgehead atoms. The SMILES string of the molecule is CCCCCCC#C[C@H](CC(=O)c1ccco1)c1ccccc1. The fourth-order valence-corrected chi connectivity index (χ4v) is 2.50. The molecule has 0 amide bonds. The van der Waals surface area contributed by atoms with Gasteiger partial charge in [-0.25, -0.2) is 0 Å². The third-order valence-electron chi connectivity index (χ3n) is 3.82. The largest absolute Gasteiger partial charge is 0.461 e. The normalized spacial score (nSPS) is 11.5. The van der Waals surface area contributed by atoms with Crippen LogP contribution < -0.4 is 0 Å². The third-order valence-corrected chi connectivity index (χ3v) is 3.82. The Morgan fingerprint density at radius 2 is 1.91 bits per heavy atom. The van der Waals surface area contributed by atoms with Gasteiger partial charge in [-0.1, -0.05) is 62.4 Å². The summed E-state index contributed by atoms with van der Waals surface area (Å²) in [5.41, 5.74) is 1.09. The van der Waals surface area contributed by atoms with Crippen molar-refractivity contribution in [2.75, 3.05) is 0 Å². The quantitative estimate of drug-likeness (QED) is 0.360. The van der Waals surface area contributed by atoms with Crippen LogP contribution in [0.5, 0.6) is 0 Å². The van der Waals surface area contributed by atoms with Crippen LogP contribution in [-0.4, -0.2) is 5.78 Å². The van der Waals surface area contributed by atoms with Crippen LogP contribution in [0.25, 0.3) is 0 Å². The molecule has 0 radical (unpaired) electrons. The summed E-state index contributed by atoms with van der Waals surface area (Å²) < 4.78 is 5.20. The zero-order chi connectivity index (χ0) is 16.3. The van der Waals surface area contributed by atoms with Crippen molar-refractivity contribution in [3.8, 4) is 11.8 Å². The van der Waals surface area contributed by atoms with Crippen molar-refractivity contribution < 1.29 is 9.21 Å². The molecule has 0 saturated heterocycles. The maximum Gasteiger partial charge on any atom is 0.199 e. The van der Waals surface area contributed by atoms with Crippen LogP contribution in [-0.2, 0) is 0 Å². The second-order valence-corrected chi connectivity index (χ2v) is 5.70. The van der Waals surface area contributed by atoms with E-state index in [0.29, 0.717) is 12.2 Å². The van der Waals surface area contributed by atoms with Gasteiger partial charge in [-0.05, 0) is 24.1 Å². The standard InChI is InChI=1S/C21H24O2/c1-2-3-4-5-6-8-14-19(18-12-9-7-10-13-18)17-20(22)21-15-11-16-23-21/h7,9-13,15-16,19H,2-6,17H2,1H3/t19-/m1/s1. The molecular weight excluding hydrogens is 284 g/mol. The zero-order valence-corrected chi connectivity index (χ0v) is 13.8. The zero-order valence-electron chi connectivity index (χ0n) is 13.8. The Bertz CT molecular complexity index is 629. The van der Waals surface area contributed by atoms with Gasteiger partial charge < -0.3 is 4.42 Å². The highest BCUT2D eigenvalue weighted by atomic mass is 16.3. The Balaban J connectivity index is 2.01. The monoisotopic (exact) mass is 308 g/mol. The van der Waals surface area contributed by atoms with Crippen LogP contribution in [0.4, 0.5) is 0 Å². The molecule has 2 aromatic rings. The number of carbonyl (C=O) groups excluding carboxylic acids is 1. The van der Waals surface area contributed by atoms with Crippen molar-refractivity contribution in [3.63, 3.8) is 0 Å². The molecule has 0 aliphatic carbocycles. The molecule has 0 aliphatic heterocycles. The Morgan fingerprint density at radius 3 is 2.61 bits per heavy atom. The number of carbonyl (C=O) groups is 1. The minimum Gasteiger partial charge on any atom is -0.461 e. The molecule has 1 aromatic heterocycles. The molecule has 1 aromatic carbocycles. The predicted molar refractivity (Wildman–Crippen MR) is 93.4 cm³/mol. The van der Waals surface area contributed by atoms with Crippen LogP contribution >= 0.6 is 0 Å². The smallest absolute Gasteiger partial charge is 0.199 e. The molecule has 0 unspecified atom stereocenters. The first-order valence-electron chi connectivity index (χ1n) is 8.41. The summed E-state index contributed by atoms with van der Waals surface area (Å²) in [5.74, 6) is 6.90. The maximum absolute atomic E-state index is 12.3. The molecule has 2 heteroatoms. The fourth-order valence-electron chi connectivity index (χ4n) is 2.50. The summed E-state index contributed by atoms with van der Waals surface area (Å²) in [6.45, 7) is 2.21. The average Bonchev–Trinajstić information content (AvgIpc) is 3.12. The molecule has 0 spiro atoms. The lowest BCUT2D eigenvalue weighted by atomic mass is 9.93. The number of Topliss-reactive ketones (excluding diaryl/α,β-unsaturated/α-hetero) is 1. The summed E-state index contributed by atoms with van der Waals surface area (Å²) >= 11 is 0. The van der Waals surface area contributed by atoms with E-state index in [2.05, 4.69) is 18.8 Å². The molecule has 2 rings (SSSR count). The van der Waals surface area contributed by atoms with Crippen LogP contribution in [0.2, 0.25) is 0 Å². The highest BCUT2D eigenvalue weighted by molar-refractivity contribution is 5.94. The van der Waals surface area contributed by atoms with E-state index < -0.39 is 0 Å². The van der Waals surface area contributed by atoms with Crippen molar-refractivity contribution in [1.29, 1.82) is 0 Å². The second kappa shape index (κ2) is 9.69. The van der Waals surface area contributed by atoms with Crippen LogP contribution in [0, 0.1) is 11.8 Å². The average molecular weight is 308 g/mol. The highest BCUT2D eigenvalue weighted by Crippen LogP contribution is 2.21. The molecule has 120 valence electrons. The first-order chi connectivity index (χ1) is 11.3. The summed E-state index contributed by atoms with van der Waals surface area (Å²) in [5, 5.41) is 0. The van der Waals surface area contributed by atoms with Gasteiger partial charge >= 0.3 is 0 Å². The number of furan rings is 1. The number of rotatable bonds is 8. The molecule has 23 heavy (non-hydrogen) atoms. The van der Waals surface area contributed by atoms with E-state index >= 15 is 0 Å². The Hall–Kier alpha value is -2.27. The minimum absolute atomic E-state index is 0.00383. The van der Waals surface area contributed by atoms with E-state index in [1.165, 1.54) is 25.5 Å². The van der Waals surface area contributed by atoms with Crippen molar-refractivity contribution in [2.24, 2.45) is 0 Å². The van der Waals surface area contributed by atoms with E-state index in [9.17, 15) is 4.79 Å². The van der Waals surface area contributed by atoms with E-state index in [-0.39, 0.29) is 11.7 Å². The number of unbranched alkanes of at least 4 members (excludes halogenated alkanes) is 4. The predicted octanol–water partition coefficient (Wildman–Crippen LogP) is 5.61. The molecule has 0 fully saturated rings. The van der Waals surface area contributed by atoms with Gasteiger partial charge in [0.05, 0.1) is 12.2 Å². The first kappa shape index (κ1) is 17.1. The topological polar surface area (TPSA) is 30.2 Å². The van der Waals surface area contributed by atoms with Gasteiger partial charge in [-0.3, -0.25) is 4.79 Å². The van der Waals surface area contributed by atoms with E-state index in [1.807, 2.05) is 30.3 Å². The number of hydrogen-bond acceptors (Lipinski definition) is 2. The lowest BCUT2D eigenvalue weighted by Crippen LogP contribution is -2.05. The lowest BCUT2D eigenvalue weighted by Gasteiger charge is -2.09. The van der Waals surface area contributed by atoms with Gasteiger partial charge in [-0.15, -0.1) is 5.92 Å². The molecule has 1 atom stereocenters. The summed E-state index contributed by atoms with van der Waals surface area (Å²) in [7, 11) is 0. The van der Waals surface area contributed by atoms with Crippen molar-refractivity contribution in [2.45, 2.75) is 51.4 Å². The van der Waals surface area contributed by atoms with Gasteiger partial charge in [-0.2, -0.15) is 0 Å². The maximum atomic E-state index is 12.3. The third kappa shape index (κ3) is 5.79.